The third-order valence-electron chi connectivity index (χ3n) is 6.01. The zero-order valence-electron chi connectivity index (χ0n) is 16.1. The highest BCUT2D eigenvalue weighted by molar-refractivity contribution is 7.19. The summed E-state index contributed by atoms with van der Waals surface area (Å²) in [6.45, 7) is 5.57. The Balaban J connectivity index is 1.25. The predicted molar refractivity (Wildman–Crippen MR) is 110 cm³/mol. The molecular formula is C19H24ClF2N5OS. The number of anilines is 1. The van der Waals surface area contributed by atoms with Crippen molar-refractivity contribution in [3.8, 4) is 0 Å². The van der Waals surface area contributed by atoms with E-state index in [1.807, 2.05) is 4.90 Å². The maximum Gasteiger partial charge on any atom is 0.272 e. The second kappa shape index (κ2) is 7.85. The van der Waals surface area contributed by atoms with E-state index in [1.54, 1.807) is 11.3 Å². The first-order valence-electron chi connectivity index (χ1n) is 10.1. The van der Waals surface area contributed by atoms with E-state index in [2.05, 4.69) is 25.8 Å². The molecular weight excluding hydrogens is 420 g/mol. The Morgan fingerprint density at radius 1 is 1.14 bits per heavy atom. The van der Waals surface area contributed by atoms with Crippen LogP contribution < -0.4 is 4.90 Å². The number of piperidine rings is 1. The number of hydrogen-bond donors (Lipinski definition) is 0. The molecule has 0 amide bonds. The first-order valence-corrected chi connectivity index (χ1v) is 11.3. The molecule has 2 aromatic heterocycles. The second-order valence-electron chi connectivity index (χ2n) is 8.11. The van der Waals surface area contributed by atoms with E-state index in [1.165, 1.54) is 4.88 Å². The fourth-order valence-electron chi connectivity index (χ4n) is 4.47. The van der Waals surface area contributed by atoms with Crippen LogP contribution in [0.5, 0.6) is 0 Å². The lowest BCUT2D eigenvalue weighted by molar-refractivity contribution is -0.151. The molecule has 0 atom stereocenters. The van der Waals surface area contributed by atoms with E-state index in [0.29, 0.717) is 19.3 Å². The fraction of sp³-hybridized carbons (Fsp3) is 0.684. The molecule has 5 rings (SSSR count). The molecule has 0 saturated carbocycles. The van der Waals surface area contributed by atoms with Gasteiger partial charge in [-0.15, -0.1) is 11.3 Å². The van der Waals surface area contributed by atoms with Crippen molar-refractivity contribution in [2.45, 2.75) is 31.4 Å². The van der Waals surface area contributed by atoms with E-state index in [4.69, 9.17) is 16.3 Å². The lowest BCUT2D eigenvalue weighted by Crippen LogP contribution is -2.61. The number of ether oxygens (including phenoxy) is 1. The van der Waals surface area contributed by atoms with Crippen molar-refractivity contribution in [2.75, 3.05) is 57.4 Å². The monoisotopic (exact) mass is 443 g/mol. The number of aromatic nitrogens is 2. The first-order chi connectivity index (χ1) is 14.0. The van der Waals surface area contributed by atoms with E-state index in [9.17, 15) is 8.78 Å². The average molecular weight is 444 g/mol. The molecule has 3 aliphatic rings. The SMILES string of the molecule is FC1(F)CN(C2CCN(Cc3cc4nc(Cl)nc(N5CCOCC5)c4s3)CC2)C1. The minimum absolute atomic E-state index is 0.0717. The standard InChI is InChI=1S/C19H24ClF2N5OS/c20-18-23-15-9-14(29-16(15)17(24-18)26-5-7-28-8-6-26)10-25-3-1-13(2-4-25)27-11-19(21,22)12-27/h9,13H,1-8,10-12H2. The third-order valence-corrected chi connectivity index (χ3v) is 7.28. The van der Waals surface area contributed by atoms with Gasteiger partial charge in [-0.2, -0.15) is 4.98 Å². The Kier molecular flexibility index (Phi) is 5.36. The molecule has 29 heavy (non-hydrogen) atoms. The Hall–Kier alpha value is -1.13. The van der Waals surface area contributed by atoms with Gasteiger partial charge in [-0.3, -0.25) is 9.80 Å². The molecule has 2 aromatic rings. The van der Waals surface area contributed by atoms with Gasteiger partial charge in [0.05, 0.1) is 36.5 Å². The first kappa shape index (κ1) is 19.8. The molecule has 3 aliphatic heterocycles. The molecule has 10 heteroatoms. The topological polar surface area (TPSA) is 44.7 Å². The van der Waals surface area contributed by atoms with E-state index < -0.39 is 5.92 Å². The van der Waals surface area contributed by atoms with Crippen LogP contribution in [0.4, 0.5) is 14.6 Å². The number of nitrogens with zero attached hydrogens (tertiary/aromatic N) is 5. The lowest BCUT2D eigenvalue weighted by atomic mass is 9.98. The van der Waals surface area contributed by atoms with Crippen LogP contribution >= 0.6 is 22.9 Å². The highest BCUT2D eigenvalue weighted by atomic mass is 35.5. The average Bonchev–Trinajstić information content (AvgIpc) is 3.09. The number of thiophene rings is 1. The normalized spacial score (nSPS) is 24.2. The van der Waals surface area contributed by atoms with Crippen molar-refractivity contribution >= 4 is 39.0 Å². The van der Waals surface area contributed by atoms with Gasteiger partial charge in [0.15, 0.2) is 5.82 Å². The zero-order valence-corrected chi connectivity index (χ0v) is 17.7. The van der Waals surface area contributed by atoms with Crippen LogP contribution in [0, 0.1) is 0 Å². The molecule has 3 fully saturated rings. The Morgan fingerprint density at radius 2 is 1.86 bits per heavy atom. The van der Waals surface area contributed by atoms with E-state index in [-0.39, 0.29) is 18.4 Å². The summed E-state index contributed by atoms with van der Waals surface area (Å²) in [6, 6.07) is 2.41. The van der Waals surface area contributed by atoms with Gasteiger partial charge in [-0.05, 0) is 30.5 Å². The summed E-state index contributed by atoms with van der Waals surface area (Å²) in [6.07, 6.45) is 1.90. The molecule has 158 valence electrons. The third kappa shape index (κ3) is 4.20. The molecule has 0 bridgehead atoms. The summed E-state index contributed by atoms with van der Waals surface area (Å²) in [5.41, 5.74) is 0.893. The summed E-state index contributed by atoms with van der Waals surface area (Å²) in [5, 5.41) is 0.274. The van der Waals surface area contributed by atoms with Gasteiger partial charge in [0.1, 0.15) is 0 Å². The summed E-state index contributed by atoms with van der Waals surface area (Å²) >= 11 is 7.91. The molecule has 3 saturated heterocycles. The highest BCUT2D eigenvalue weighted by Gasteiger charge is 2.46. The molecule has 6 nitrogen and oxygen atoms in total. The van der Waals surface area contributed by atoms with Crippen molar-refractivity contribution in [1.29, 1.82) is 0 Å². The molecule has 0 radical (unpaired) electrons. The van der Waals surface area contributed by atoms with Gasteiger partial charge < -0.3 is 9.64 Å². The molecule has 0 aliphatic carbocycles. The number of fused-ring (bicyclic) bond motifs is 1. The molecule has 0 aromatic carbocycles. The van der Waals surface area contributed by atoms with Crippen molar-refractivity contribution in [3.05, 3.63) is 16.2 Å². The van der Waals surface area contributed by atoms with Gasteiger partial charge in [0, 0.05) is 43.6 Å². The Labute approximate surface area is 177 Å². The van der Waals surface area contributed by atoms with Gasteiger partial charge >= 0.3 is 0 Å². The fourth-order valence-corrected chi connectivity index (χ4v) is 5.80. The minimum atomic E-state index is -2.48. The lowest BCUT2D eigenvalue weighted by Gasteiger charge is -2.46. The summed E-state index contributed by atoms with van der Waals surface area (Å²) in [5.74, 6) is -1.58. The van der Waals surface area contributed by atoms with Gasteiger partial charge in [-0.25, -0.2) is 13.8 Å². The van der Waals surface area contributed by atoms with Crippen molar-refractivity contribution in [1.82, 2.24) is 19.8 Å². The number of alkyl halides is 2. The molecule has 0 N–H and O–H groups in total. The second-order valence-corrected chi connectivity index (χ2v) is 9.59. The molecule has 5 heterocycles. The number of halogens is 3. The summed E-state index contributed by atoms with van der Waals surface area (Å²) in [7, 11) is 0. The highest BCUT2D eigenvalue weighted by Crippen LogP contribution is 2.35. The summed E-state index contributed by atoms with van der Waals surface area (Å²) in [4.78, 5) is 16.7. The van der Waals surface area contributed by atoms with Crippen LogP contribution in [0.25, 0.3) is 10.2 Å². The quantitative estimate of drug-likeness (QED) is 0.677. The van der Waals surface area contributed by atoms with Crippen LogP contribution in [-0.2, 0) is 11.3 Å². The minimum Gasteiger partial charge on any atom is -0.378 e. The van der Waals surface area contributed by atoms with Crippen LogP contribution in [0.1, 0.15) is 17.7 Å². The number of rotatable bonds is 4. The van der Waals surface area contributed by atoms with Crippen LogP contribution in [0.3, 0.4) is 0 Å². The maximum atomic E-state index is 13.1. The Morgan fingerprint density at radius 3 is 2.55 bits per heavy atom. The van der Waals surface area contributed by atoms with Crippen LogP contribution in [0.2, 0.25) is 5.28 Å². The van der Waals surface area contributed by atoms with Gasteiger partial charge in [0.25, 0.3) is 5.92 Å². The largest absolute Gasteiger partial charge is 0.378 e. The van der Waals surface area contributed by atoms with Crippen LogP contribution in [-0.4, -0.2) is 84.2 Å². The Bertz CT molecular complexity index is 875. The number of hydrogen-bond acceptors (Lipinski definition) is 7. The van der Waals surface area contributed by atoms with E-state index >= 15 is 0 Å². The van der Waals surface area contributed by atoms with Gasteiger partial charge in [-0.1, -0.05) is 0 Å². The zero-order chi connectivity index (χ0) is 20.0. The summed E-state index contributed by atoms with van der Waals surface area (Å²) < 4.78 is 32.8. The smallest absolute Gasteiger partial charge is 0.272 e. The van der Waals surface area contributed by atoms with Crippen molar-refractivity contribution < 1.29 is 13.5 Å². The van der Waals surface area contributed by atoms with E-state index in [0.717, 1.165) is 61.6 Å². The van der Waals surface area contributed by atoms with Crippen molar-refractivity contribution in [3.63, 3.8) is 0 Å². The molecule has 0 spiro atoms. The predicted octanol–water partition coefficient (Wildman–Crippen LogP) is 3.10. The van der Waals surface area contributed by atoms with Crippen LogP contribution in [0.15, 0.2) is 6.07 Å². The number of likely N-dealkylation sites (tertiary alicyclic amines) is 2. The van der Waals surface area contributed by atoms with Crippen molar-refractivity contribution in [2.24, 2.45) is 0 Å². The number of morpholine rings is 1. The van der Waals surface area contributed by atoms with Gasteiger partial charge in [0.2, 0.25) is 5.28 Å². The maximum absolute atomic E-state index is 13.1. The molecule has 0 unspecified atom stereocenters.